The Morgan fingerprint density at radius 1 is 1.25 bits per heavy atom. The van der Waals surface area contributed by atoms with Crippen molar-refractivity contribution in [2.75, 3.05) is 0 Å². The number of pyridine rings is 1. The van der Waals surface area contributed by atoms with Gasteiger partial charge in [-0.3, -0.25) is 4.98 Å². The molecule has 3 nitrogen and oxygen atoms in total. The van der Waals surface area contributed by atoms with Gasteiger partial charge < -0.3 is 5.11 Å². The average Bonchev–Trinajstić information content (AvgIpc) is 2.29. The van der Waals surface area contributed by atoms with Gasteiger partial charge in [0.2, 0.25) is 0 Å². The zero-order valence-electron chi connectivity index (χ0n) is 8.18. The van der Waals surface area contributed by atoms with E-state index in [-0.39, 0.29) is 11.3 Å². The van der Waals surface area contributed by atoms with Gasteiger partial charge in [0.05, 0.1) is 23.5 Å². The molecule has 2 rings (SSSR count). The van der Waals surface area contributed by atoms with E-state index in [0.29, 0.717) is 11.3 Å². The Labute approximate surface area is 91.4 Å². The summed E-state index contributed by atoms with van der Waals surface area (Å²) in [5, 5.41) is 17.8. The maximum Gasteiger partial charge on any atom is 0.133 e. The van der Waals surface area contributed by atoms with Crippen LogP contribution >= 0.6 is 0 Å². The molecule has 0 bridgehead atoms. The van der Waals surface area contributed by atoms with E-state index >= 15 is 0 Å². The molecule has 0 radical (unpaired) electrons. The molecule has 0 amide bonds. The van der Waals surface area contributed by atoms with Crippen molar-refractivity contribution < 1.29 is 9.50 Å². The second-order valence-corrected chi connectivity index (χ2v) is 3.24. The van der Waals surface area contributed by atoms with Gasteiger partial charge in [-0.1, -0.05) is 0 Å². The van der Waals surface area contributed by atoms with Gasteiger partial charge in [0.1, 0.15) is 11.6 Å². The van der Waals surface area contributed by atoms with Gasteiger partial charge in [-0.2, -0.15) is 5.26 Å². The van der Waals surface area contributed by atoms with Crippen molar-refractivity contribution >= 4 is 0 Å². The predicted octanol–water partition coefficient (Wildman–Crippen LogP) is 2.46. The highest BCUT2D eigenvalue weighted by molar-refractivity contribution is 5.61. The number of hydrogen-bond acceptors (Lipinski definition) is 3. The largest absolute Gasteiger partial charge is 0.506 e. The highest BCUT2D eigenvalue weighted by atomic mass is 19.1. The van der Waals surface area contributed by atoms with E-state index in [9.17, 15) is 4.39 Å². The van der Waals surface area contributed by atoms with Gasteiger partial charge >= 0.3 is 0 Å². The highest BCUT2D eigenvalue weighted by Crippen LogP contribution is 2.21. The average molecular weight is 214 g/mol. The summed E-state index contributed by atoms with van der Waals surface area (Å²) in [6.45, 7) is 0. The molecule has 1 aromatic heterocycles. The summed E-state index contributed by atoms with van der Waals surface area (Å²) in [5.41, 5.74) is 1.26. The summed E-state index contributed by atoms with van der Waals surface area (Å²) in [6, 6.07) is 8.88. The summed E-state index contributed by atoms with van der Waals surface area (Å²) in [5.74, 6) is -0.440. The Kier molecular flexibility index (Phi) is 2.52. The summed E-state index contributed by atoms with van der Waals surface area (Å²) in [7, 11) is 0. The summed E-state index contributed by atoms with van der Waals surface area (Å²) < 4.78 is 13.2. The van der Waals surface area contributed by atoms with Crippen LogP contribution in [0, 0.1) is 17.1 Å². The molecule has 1 aromatic carbocycles. The fraction of sp³-hybridized carbons (Fsp3) is 0. The van der Waals surface area contributed by atoms with Crippen molar-refractivity contribution in [3.63, 3.8) is 0 Å². The van der Waals surface area contributed by atoms with Gasteiger partial charge in [0.25, 0.3) is 0 Å². The number of hydrogen-bond donors (Lipinski definition) is 1. The van der Waals surface area contributed by atoms with Gasteiger partial charge in [-0.05, 0) is 30.3 Å². The van der Waals surface area contributed by atoms with Crippen LogP contribution in [0.5, 0.6) is 5.75 Å². The van der Waals surface area contributed by atoms with Gasteiger partial charge in [0.15, 0.2) is 0 Å². The minimum Gasteiger partial charge on any atom is -0.506 e. The number of rotatable bonds is 1. The molecule has 0 fully saturated rings. The van der Waals surface area contributed by atoms with Crippen LogP contribution in [0.1, 0.15) is 5.56 Å². The van der Waals surface area contributed by atoms with E-state index in [1.165, 1.54) is 18.3 Å². The predicted molar refractivity (Wildman–Crippen MR) is 56.0 cm³/mol. The molecule has 0 spiro atoms. The molecule has 0 saturated carbocycles. The van der Waals surface area contributed by atoms with E-state index in [1.807, 2.05) is 6.07 Å². The van der Waals surface area contributed by atoms with Crippen LogP contribution in [0.15, 0.2) is 36.5 Å². The van der Waals surface area contributed by atoms with E-state index in [0.717, 1.165) is 6.07 Å². The minimum atomic E-state index is -0.482. The first kappa shape index (κ1) is 10.1. The Hall–Kier alpha value is -2.41. The molecule has 4 heteroatoms. The highest BCUT2D eigenvalue weighted by Gasteiger charge is 2.04. The van der Waals surface area contributed by atoms with Crippen LogP contribution in [-0.2, 0) is 0 Å². The van der Waals surface area contributed by atoms with E-state index in [1.54, 1.807) is 12.1 Å². The maximum absolute atomic E-state index is 13.2. The number of halogens is 1. The molecule has 0 atom stereocenters. The fourth-order valence-corrected chi connectivity index (χ4v) is 1.36. The molecule has 0 aliphatic carbocycles. The van der Waals surface area contributed by atoms with E-state index in [2.05, 4.69) is 4.98 Å². The summed E-state index contributed by atoms with van der Waals surface area (Å²) in [4.78, 5) is 3.94. The minimum absolute atomic E-state index is 0.0423. The quantitative estimate of drug-likeness (QED) is 0.793. The third-order valence-corrected chi connectivity index (χ3v) is 2.07. The third kappa shape index (κ3) is 1.98. The zero-order chi connectivity index (χ0) is 11.5. The molecule has 78 valence electrons. The monoisotopic (exact) mass is 214 g/mol. The van der Waals surface area contributed by atoms with Gasteiger partial charge in [-0.25, -0.2) is 4.39 Å². The first-order valence-electron chi connectivity index (χ1n) is 4.55. The smallest absolute Gasteiger partial charge is 0.133 e. The molecule has 2 aromatic rings. The molecule has 16 heavy (non-hydrogen) atoms. The summed E-state index contributed by atoms with van der Waals surface area (Å²) in [6.07, 6.45) is 1.27. The van der Waals surface area contributed by atoms with Crippen molar-refractivity contribution in [1.82, 2.24) is 4.98 Å². The molecular weight excluding hydrogens is 207 g/mol. The van der Waals surface area contributed by atoms with Crippen LogP contribution in [-0.4, -0.2) is 10.1 Å². The SMILES string of the molecule is N#Cc1cc(F)cc(-c2ccc(O)cn2)c1. The second-order valence-electron chi connectivity index (χ2n) is 3.24. The molecule has 0 saturated heterocycles. The third-order valence-electron chi connectivity index (χ3n) is 2.07. The van der Waals surface area contributed by atoms with Crippen molar-refractivity contribution in [3.8, 4) is 23.1 Å². The Balaban J connectivity index is 2.52. The lowest BCUT2D eigenvalue weighted by molar-refractivity contribution is 0.473. The first-order valence-corrected chi connectivity index (χ1v) is 4.55. The van der Waals surface area contributed by atoms with Crippen molar-refractivity contribution in [1.29, 1.82) is 5.26 Å². The lowest BCUT2D eigenvalue weighted by Gasteiger charge is -2.01. The van der Waals surface area contributed by atoms with Crippen LogP contribution in [0.25, 0.3) is 11.3 Å². The molecule has 0 aliphatic heterocycles. The number of aromatic nitrogens is 1. The van der Waals surface area contributed by atoms with Crippen LogP contribution in [0.4, 0.5) is 4.39 Å². The summed E-state index contributed by atoms with van der Waals surface area (Å²) >= 11 is 0. The first-order chi connectivity index (χ1) is 7.69. The van der Waals surface area contributed by atoms with Crippen LogP contribution < -0.4 is 0 Å². The van der Waals surface area contributed by atoms with Crippen molar-refractivity contribution in [3.05, 3.63) is 47.9 Å². The Bertz CT molecular complexity index is 558. The standard InChI is InChI=1S/C12H7FN2O/c13-10-4-8(6-14)3-9(5-10)12-2-1-11(16)7-15-12/h1-5,7,16H. The van der Waals surface area contributed by atoms with Crippen molar-refractivity contribution in [2.24, 2.45) is 0 Å². The fourth-order valence-electron chi connectivity index (χ4n) is 1.36. The van der Waals surface area contributed by atoms with Crippen molar-refractivity contribution in [2.45, 2.75) is 0 Å². The number of nitriles is 1. The number of aromatic hydroxyl groups is 1. The molecule has 0 aliphatic rings. The lowest BCUT2D eigenvalue weighted by Crippen LogP contribution is -1.86. The molecule has 0 unspecified atom stereocenters. The molecular formula is C12H7FN2O. The number of nitrogens with zero attached hydrogens (tertiary/aromatic N) is 2. The Morgan fingerprint density at radius 2 is 2.06 bits per heavy atom. The maximum atomic E-state index is 13.2. The zero-order valence-corrected chi connectivity index (χ0v) is 8.18. The topological polar surface area (TPSA) is 56.9 Å². The number of benzene rings is 1. The van der Waals surface area contributed by atoms with Crippen LogP contribution in [0.3, 0.4) is 0 Å². The van der Waals surface area contributed by atoms with E-state index < -0.39 is 5.82 Å². The molecule has 1 N–H and O–H groups in total. The van der Waals surface area contributed by atoms with E-state index in [4.69, 9.17) is 10.4 Å². The van der Waals surface area contributed by atoms with Crippen LogP contribution in [0.2, 0.25) is 0 Å². The van der Waals surface area contributed by atoms with Gasteiger partial charge in [0, 0.05) is 5.56 Å². The molecule has 1 heterocycles. The second kappa shape index (κ2) is 3.99. The normalized spacial score (nSPS) is 9.75. The van der Waals surface area contributed by atoms with Gasteiger partial charge in [-0.15, -0.1) is 0 Å². The Morgan fingerprint density at radius 3 is 2.69 bits per heavy atom. The lowest BCUT2D eigenvalue weighted by atomic mass is 10.1.